The molecule has 1 aliphatic heterocycles. The molecule has 1 aromatic carbocycles. The van der Waals surface area contributed by atoms with Crippen molar-refractivity contribution >= 4 is 5.91 Å². The van der Waals surface area contributed by atoms with Crippen LogP contribution in [0, 0.1) is 5.82 Å². The van der Waals surface area contributed by atoms with Crippen LogP contribution in [0.4, 0.5) is 4.39 Å². The van der Waals surface area contributed by atoms with Gasteiger partial charge in [0.05, 0.1) is 5.92 Å². The monoisotopic (exact) mass is 207 g/mol. The third-order valence-corrected chi connectivity index (χ3v) is 2.94. The molecule has 1 saturated heterocycles. The number of likely N-dealkylation sites (N-methyl/N-ethyl adjacent to an activating group) is 1. The Balaban J connectivity index is 2.30. The van der Waals surface area contributed by atoms with Crippen LogP contribution in [0.1, 0.15) is 24.3 Å². The molecule has 3 heteroatoms. The van der Waals surface area contributed by atoms with Crippen molar-refractivity contribution in [2.24, 2.45) is 0 Å². The Morgan fingerprint density at radius 2 is 2.13 bits per heavy atom. The van der Waals surface area contributed by atoms with Gasteiger partial charge < -0.3 is 4.90 Å². The molecule has 0 spiro atoms. The Kier molecular flexibility index (Phi) is 2.71. The zero-order chi connectivity index (χ0) is 10.8. The first-order valence-electron chi connectivity index (χ1n) is 5.19. The van der Waals surface area contributed by atoms with Crippen molar-refractivity contribution in [3.05, 3.63) is 35.6 Å². The summed E-state index contributed by atoms with van der Waals surface area (Å²) in [5.74, 6) is -0.526. The Bertz CT molecular complexity index is 378. The van der Waals surface area contributed by atoms with Gasteiger partial charge in [0.15, 0.2) is 0 Å². The number of hydrogen-bond donors (Lipinski definition) is 0. The van der Waals surface area contributed by atoms with E-state index in [0.717, 1.165) is 19.4 Å². The van der Waals surface area contributed by atoms with Crippen molar-refractivity contribution in [3.8, 4) is 0 Å². The standard InChI is InChI=1S/C12H14FNO/c1-14-8-4-6-10(12(14)15)9-5-2-3-7-11(9)13/h2-3,5,7,10H,4,6,8H2,1H3. The van der Waals surface area contributed by atoms with E-state index < -0.39 is 0 Å². The molecule has 0 aliphatic carbocycles. The molecule has 80 valence electrons. The Morgan fingerprint density at radius 1 is 1.40 bits per heavy atom. The average Bonchev–Trinajstić information content (AvgIpc) is 2.23. The summed E-state index contributed by atoms with van der Waals surface area (Å²) >= 11 is 0. The zero-order valence-corrected chi connectivity index (χ0v) is 8.74. The fourth-order valence-electron chi connectivity index (χ4n) is 2.08. The van der Waals surface area contributed by atoms with Crippen LogP contribution in [0.3, 0.4) is 0 Å². The molecular weight excluding hydrogens is 193 g/mol. The van der Waals surface area contributed by atoms with Gasteiger partial charge in [0.1, 0.15) is 5.82 Å². The largest absolute Gasteiger partial charge is 0.345 e. The highest BCUT2D eigenvalue weighted by Crippen LogP contribution is 2.28. The van der Waals surface area contributed by atoms with Crippen molar-refractivity contribution < 1.29 is 9.18 Å². The lowest BCUT2D eigenvalue weighted by atomic mass is 9.90. The van der Waals surface area contributed by atoms with Crippen molar-refractivity contribution in [1.29, 1.82) is 0 Å². The lowest BCUT2D eigenvalue weighted by molar-refractivity contribution is -0.133. The number of nitrogens with zero attached hydrogens (tertiary/aromatic N) is 1. The molecule has 15 heavy (non-hydrogen) atoms. The second-order valence-corrected chi connectivity index (χ2v) is 3.98. The van der Waals surface area contributed by atoms with Crippen LogP contribution in [0.25, 0.3) is 0 Å². The minimum atomic E-state index is -0.287. The van der Waals surface area contributed by atoms with Crippen LogP contribution in [0.2, 0.25) is 0 Å². The van der Waals surface area contributed by atoms with E-state index in [0.29, 0.717) is 5.56 Å². The summed E-state index contributed by atoms with van der Waals surface area (Å²) in [7, 11) is 1.77. The van der Waals surface area contributed by atoms with Crippen LogP contribution in [-0.4, -0.2) is 24.4 Å². The molecular formula is C12H14FNO. The van der Waals surface area contributed by atoms with Gasteiger partial charge in [-0.3, -0.25) is 4.79 Å². The van der Waals surface area contributed by atoms with Crippen LogP contribution in [0.5, 0.6) is 0 Å². The van der Waals surface area contributed by atoms with E-state index in [1.54, 1.807) is 30.1 Å². The van der Waals surface area contributed by atoms with Gasteiger partial charge in [0.2, 0.25) is 5.91 Å². The number of hydrogen-bond acceptors (Lipinski definition) is 1. The molecule has 1 aromatic rings. The first kappa shape index (κ1) is 10.1. The number of likely N-dealkylation sites (tertiary alicyclic amines) is 1. The number of rotatable bonds is 1. The van der Waals surface area contributed by atoms with E-state index in [9.17, 15) is 9.18 Å². The normalized spacial score (nSPS) is 21.9. The molecule has 1 heterocycles. The van der Waals surface area contributed by atoms with Crippen LogP contribution < -0.4 is 0 Å². The number of halogens is 1. The van der Waals surface area contributed by atoms with E-state index in [2.05, 4.69) is 0 Å². The minimum Gasteiger partial charge on any atom is -0.345 e. The van der Waals surface area contributed by atoms with Crippen molar-refractivity contribution in [2.75, 3.05) is 13.6 Å². The molecule has 0 bridgehead atoms. The second kappa shape index (κ2) is 4.01. The highest BCUT2D eigenvalue weighted by molar-refractivity contribution is 5.84. The van der Waals surface area contributed by atoms with Gasteiger partial charge in [-0.05, 0) is 18.9 Å². The van der Waals surface area contributed by atoms with E-state index in [1.165, 1.54) is 6.07 Å². The fraction of sp³-hybridized carbons (Fsp3) is 0.417. The molecule has 1 unspecified atom stereocenters. The highest BCUT2D eigenvalue weighted by Gasteiger charge is 2.29. The molecule has 0 aromatic heterocycles. The maximum atomic E-state index is 13.5. The van der Waals surface area contributed by atoms with E-state index in [4.69, 9.17) is 0 Å². The van der Waals surface area contributed by atoms with Gasteiger partial charge >= 0.3 is 0 Å². The predicted molar refractivity (Wildman–Crippen MR) is 56.0 cm³/mol. The molecule has 0 N–H and O–H groups in total. The van der Waals surface area contributed by atoms with Gasteiger partial charge in [-0.2, -0.15) is 0 Å². The summed E-state index contributed by atoms with van der Waals surface area (Å²) in [4.78, 5) is 13.5. The van der Waals surface area contributed by atoms with Crippen LogP contribution in [0.15, 0.2) is 24.3 Å². The fourth-order valence-corrected chi connectivity index (χ4v) is 2.08. The first-order valence-corrected chi connectivity index (χ1v) is 5.19. The number of piperidine rings is 1. The predicted octanol–water partition coefficient (Wildman–Crippen LogP) is 2.16. The Morgan fingerprint density at radius 3 is 2.87 bits per heavy atom. The lowest BCUT2D eigenvalue weighted by Gasteiger charge is -2.29. The first-order chi connectivity index (χ1) is 7.20. The SMILES string of the molecule is CN1CCCC(c2ccccc2F)C1=O. The molecule has 1 aliphatic rings. The molecule has 1 amide bonds. The van der Waals surface area contributed by atoms with Gasteiger partial charge in [-0.15, -0.1) is 0 Å². The highest BCUT2D eigenvalue weighted by atomic mass is 19.1. The summed E-state index contributed by atoms with van der Waals surface area (Å²) in [6, 6.07) is 6.55. The minimum absolute atomic E-state index is 0.0337. The molecule has 2 nitrogen and oxygen atoms in total. The molecule has 0 saturated carbocycles. The van der Waals surface area contributed by atoms with E-state index in [1.807, 2.05) is 0 Å². The number of carbonyl (C=O) groups excluding carboxylic acids is 1. The summed E-state index contributed by atoms with van der Waals surface area (Å²) in [6.45, 7) is 0.782. The number of benzene rings is 1. The Labute approximate surface area is 88.7 Å². The molecule has 1 fully saturated rings. The summed E-state index contributed by atoms with van der Waals surface area (Å²) in [5.41, 5.74) is 0.536. The van der Waals surface area contributed by atoms with Gasteiger partial charge in [-0.25, -0.2) is 4.39 Å². The third-order valence-electron chi connectivity index (χ3n) is 2.94. The van der Waals surface area contributed by atoms with E-state index in [-0.39, 0.29) is 17.6 Å². The topological polar surface area (TPSA) is 20.3 Å². The lowest BCUT2D eigenvalue weighted by Crippen LogP contribution is -2.37. The third kappa shape index (κ3) is 1.87. The number of carbonyl (C=O) groups is 1. The van der Waals surface area contributed by atoms with Crippen molar-refractivity contribution in [1.82, 2.24) is 4.90 Å². The smallest absolute Gasteiger partial charge is 0.229 e. The maximum Gasteiger partial charge on any atom is 0.229 e. The molecule has 0 radical (unpaired) electrons. The maximum absolute atomic E-state index is 13.5. The second-order valence-electron chi connectivity index (χ2n) is 3.98. The molecule has 2 rings (SSSR count). The Hall–Kier alpha value is -1.38. The van der Waals surface area contributed by atoms with Gasteiger partial charge in [0.25, 0.3) is 0 Å². The quantitative estimate of drug-likeness (QED) is 0.691. The van der Waals surface area contributed by atoms with E-state index >= 15 is 0 Å². The summed E-state index contributed by atoms with van der Waals surface area (Å²) in [5, 5.41) is 0. The van der Waals surface area contributed by atoms with Crippen molar-refractivity contribution in [3.63, 3.8) is 0 Å². The van der Waals surface area contributed by atoms with Gasteiger partial charge in [0, 0.05) is 19.2 Å². The number of amides is 1. The zero-order valence-electron chi connectivity index (χ0n) is 8.74. The van der Waals surface area contributed by atoms with Crippen molar-refractivity contribution in [2.45, 2.75) is 18.8 Å². The van der Waals surface area contributed by atoms with Gasteiger partial charge in [-0.1, -0.05) is 18.2 Å². The van der Waals surface area contributed by atoms with Crippen LogP contribution in [-0.2, 0) is 4.79 Å². The molecule has 1 atom stereocenters. The summed E-state index contributed by atoms with van der Waals surface area (Å²) < 4.78 is 13.5. The average molecular weight is 207 g/mol. The van der Waals surface area contributed by atoms with Crippen LogP contribution >= 0.6 is 0 Å². The summed E-state index contributed by atoms with van der Waals surface area (Å²) in [6.07, 6.45) is 1.70.